The van der Waals surface area contributed by atoms with Crippen LogP contribution in [0.1, 0.15) is 25.8 Å². The molecule has 0 saturated carbocycles. The quantitative estimate of drug-likeness (QED) is 0.232. The Hall–Kier alpha value is -2.70. The maximum atomic E-state index is 13.4. The number of carbonyl (C=O) groups is 1. The van der Waals surface area contributed by atoms with Gasteiger partial charge in [-0.15, -0.1) is 0 Å². The van der Waals surface area contributed by atoms with Gasteiger partial charge in [-0.2, -0.15) is 4.31 Å². The molecule has 1 amide bonds. The first-order valence-electron chi connectivity index (χ1n) is 11.8. The van der Waals surface area contributed by atoms with Crippen LogP contribution in [0.15, 0.2) is 59.5 Å². The minimum atomic E-state index is -3.96. The van der Waals surface area contributed by atoms with Crippen LogP contribution in [-0.4, -0.2) is 78.7 Å². The summed E-state index contributed by atoms with van der Waals surface area (Å²) in [5.74, 6) is -0.0324. The molecule has 2 aromatic rings. The normalized spacial score (nSPS) is 14.4. The SMILES string of the molecule is CC(C)CN(C[C@@H](O)[C@H](Cc1ccccc1)NC(=O)O[C@H](CO)CCO)S(=O)(=O)c1ccc(N)cc1. The number of sulfonamides is 1. The summed E-state index contributed by atoms with van der Waals surface area (Å²) in [5.41, 5.74) is 6.94. The van der Waals surface area contributed by atoms with Crippen molar-refractivity contribution in [3.8, 4) is 0 Å². The molecule has 0 aliphatic carbocycles. The Morgan fingerprint density at radius 3 is 2.25 bits per heavy atom. The smallest absolute Gasteiger partial charge is 0.407 e. The molecule has 0 spiro atoms. The monoisotopic (exact) mass is 523 g/mol. The molecule has 0 aliphatic heterocycles. The van der Waals surface area contributed by atoms with Gasteiger partial charge in [0.15, 0.2) is 0 Å². The molecule has 0 saturated heterocycles. The minimum Gasteiger partial charge on any atom is -0.444 e. The lowest BCUT2D eigenvalue weighted by atomic mass is 10.0. The fraction of sp³-hybridized carbons (Fsp3) is 0.480. The number of aliphatic hydroxyl groups excluding tert-OH is 3. The Balaban J connectivity index is 2.28. The van der Waals surface area contributed by atoms with E-state index in [9.17, 15) is 23.4 Å². The Kier molecular flexibility index (Phi) is 11.6. The number of nitrogens with two attached hydrogens (primary N) is 1. The summed E-state index contributed by atoms with van der Waals surface area (Å²) in [5, 5.41) is 32.2. The van der Waals surface area contributed by atoms with E-state index >= 15 is 0 Å². The zero-order chi connectivity index (χ0) is 26.7. The molecule has 36 heavy (non-hydrogen) atoms. The molecule has 200 valence electrons. The fourth-order valence-corrected chi connectivity index (χ4v) is 5.24. The van der Waals surface area contributed by atoms with E-state index in [0.717, 1.165) is 5.56 Å². The number of ether oxygens (including phenoxy) is 1. The number of alkyl carbamates (subject to hydrolysis) is 1. The number of amides is 1. The zero-order valence-corrected chi connectivity index (χ0v) is 21.5. The van der Waals surface area contributed by atoms with Crippen LogP contribution in [0.3, 0.4) is 0 Å². The molecule has 0 fully saturated rings. The molecule has 0 aromatic heterocycles. The van der Waals surface area contributed by atoms with Crippen molar-refractivity contribution in [2.24, 2.45) is 5.92 Å². The number of rotatable bonds is 14. The second kappa shape index (κ2) is 14.1. The van der Waals surface area contributed by atoms with Crippen LogP contribution in [0.25, 0.3) is 0 Å². The number of hydrogen-bond donors (Lipinski definition) is 5. The summed E-state index contributed by atoms with van der Waals surface area (Å²) in [6.45, 7) is 2.86. The van der Waals surface area contributed by atoms with Crippen LogP contribution in [-0.2, 0) is 21.2 Å². The van der Waals surface area contributed by atoms with Crippen LogP contribution in [0.4, 0.5) is 10.5 Å². The minimum absolute atomic E-state index is 0.0324. The van der Waals surface area contributed by atoms with Crippen molar-refractivity contribution in [1.29, 1.82) is 0 Å². The number of nitrogens with zero attached hydrogens (tertiary/aromatic N) is 1. The van der Waals surface area contributed by atoms with Crippen molar-refractivity contribution in [1.82, 2.24) is 9.62 Å². The highest BCUT2D eigenvalue weighted by atomic mass is 32.2. The van der Waals surface area contributed by atoms with Gasteiger partial charge in [0.25, 0.3) is 0 Å². The molecule has 0 radical (unpaired) electrons. The van der Waals surface area contributed by atoms with Gasteiger partial charge < -0.3 is 31.1 Å². The lowest BCUT2D eigenvalue weighted by Gasteiger charge is -2.31. The summed E-state index contributed by atoms with van der Waals surface area (Å²) in [6, 6.07) is 14.0. The highest BCUT2D eigenvalue weighted by Crippen LogP contribution is 2.20. The molecule has 0 unspecified atom stereocenters. The van der Waals surface area contributed by atoms with Gasteiger partial charge in [0.05, 0.1) is 23.6 Å². The number of aliphatic hydroxyl groups is 3. The summed E-state index contributed by atoms with van der Waals surface area (Å²) in [7, 11) is -3.96. The van der Waals surface area contributed by atoms with Gasteiger partial charge >= 0.3 is 6.09 Å². The van der Waals surface area contributed by atoms with E-state index in [1.54, 1.807) is 0 Å². The van der Waals surface area contributed by atoms with Crippen molar-refractivity contribution < 1.29 is 33.3 Å². The van der Waals surface area contributed by atoms with Crippen molar-refractivity contribution in [3.63, 3.8) is 0 Å². The van der Waals surface area contributed by atoms with E-state index in [0.29, 0.717) is 5.69 Å². The maximum absolute atomic E-state index is 13.4. The fourth-order valence-electron chi connectivity index (χ4n) is 3.62. The predicted molar refractivity (Wildman–Crippen MR) is 137 cm³/mol. The van der Waals surface area contributed by atoms with Crippen LogP contribution < -0.4 is 11.1 Å². The first-order valence-corrected chi connectivity index (χ1v) is 13.3. The number of anilines is 1. The number of carbonyl (C=O) groups excluding carboxylic acids is 1. The van der Waals surface area contributed by atoms with Gasteiger partial charge in [0, 0.05) is 31.8 Å². The Bertz CT molecular complexity index is 1030. The zero-order valence-electron chi connectivity index (χ0n) is 20.7. The van der Waals surface area contributed by atoms with E-state index in [4.69, 9.17) is 15.6 Å². The summed E-state index contributed by atoms with van der Waals surface area (Å²) < 4.78 is 33.1. The number of nitrogen functional groups attached to an aromatic ring is 1. The molecule has 2 aromatic carbocycles. The van der Waals surface area contributed by atoms with Gasteiger partial charge in [-0.3, -0.25) is 0 Å². The second-order valence-corrected chi connectivity index (χ2v) is 11.0. The van der Waals surface area contributed by atoms with Crippen molar-refractivity contribution in [2.45, 2.75) is 49.8 Å². The molecular weight excluding hydrogens is 486 g/mol. The third kappa shape index (κ3) is 9.07. The van der Waals surface area contributed by atoms with Crippen molar-refractivity contribution in [3.05, 3.63) is 60.2 Å². The van der Waals surface area contributed by atoms with Gasteiger partial charge in [-0.1, -0.05) is 44.2 Å². The second-order valence-electron chi connectivity index (χ2n) is 9.01. The number of hydrogen-bond acceptors (Lipinski definition) is 8. The molecule has 6 N–H and O–H groups in total. The summed E-state index contributed by atoms with van der Waals surface area (Å²) in [4.78, 5) is 12.6. The first-order chi connectivity index (χ1) is 17.1. The average molecular weight is 524 g/mol. The highest BCUT2D eigenvalue weighted by molar-refractivity contribution is 7.89. The molecule has 0 bridgehead atoms. The molecule has 0 heterocycles. The summed E-state index contributed by atoms with van der Waals surface area (Å²) >= 11 is 0. The van der Waals surface area contributed by atoms with E-state index in [1.807, 2.05) is 44.2 Å². The standard InChI is InChI=1S/C25H37N3O7S/c1-18(2)15-28(36(33,34)22-10-8-20(26)9-11-22)16-24(31)23(14-19-6-4-3-5-7-19)27-25(32)35-21(17-30)12-13-29/h3-11,18,21,23-24,29-31H,12-17,26H2,1-2H3,(H,27,32)/t21-,23-,24+/m0/s1. The third-order valence-electron chi connectivity index (χ3n) is 5.47. The predicted octanol–water partition coefficient (Wildman–Crippen LogP) is 1.36. The molecule has 0 aliphatic rings. The van der Waals surface area contributed by atoms with Gasteiger partial charge in [-0.25, -0.2) is 13.2 Å². The third-order valence-corrected chi connectivity index (χ3v) is 7.32. The Labute approximate surface area is 212 Å². The van der Waals surface area contributed by atoms with Gasteiger partial charge in [0.1, 0.15) is 6.10 Å². The maximum Gasteiger partial charge on any atom is 0.407 e. The molecule has 2 rings (SSSR count). The Morgan fingerprint density at radius 2 is 1.69 bits per heavy atom. The lowest BCUT2D eigenvalue weighted by Crippen LogP contribution is -2.51. The molecule has 3 atom stereocenters. The molecular formula is C25H37N3O7S. The Morgan fingerprint density at radius 1 is 1.06 bits per heavy atom. The number of nitrogens with one attached hydrogen (secondary N) is 1. The van der Waals surface area contributed by atoms with E-state index in [1.165, 1.54) is 28.6 Å². The first kappa shape index (κ1) is 29.5. The van der Waals surface area contributed by atoms with E-state index in [-0.39, 0.29) is 43.4 Å². The average Bonchev–Trinajstić information content (AvgIpc) is 2.83. The van der Waals surface area contributed by atoms with Crippen LogP contribution in [0, 0.1) is 5.92 Å². The van der Waals surface area contributed by atoms with Crippen LogP contribution in [0.2, 0.25) is 0 Å². The largest absolute Gasteiger partial charge is 0.444 e. The van der Waals surface area contributed by atoms with Crippen LogP contribution in [0.5, 0.6) is 0 Å². The van der Waals surface area contributed by atoms with Gasteiger partial charge in [-0.05, 0) is 42.2 Å². The highest BCUT2D eigenvalue weighted by Gasteiger charge is 2.32. The van der Waals surface area contributed by atoms with Crippen molar-refractivity contribution in [2.75, 3.05) is 32.0 Å². The van der Waals surface area contributed by atoms with E-state index in [2.05, 4.69) is 5.32 Å². The lowest BCUT2D eigenvalue weighted by molar-refractivity contribution is 0.0340. The van der Waals surface area contributed by atoms with Crippen molar-refractivity contribution >= 4 is 21.8 Å². The van der Waals surface area contributed by atoms with Crippen LogP contribution >= 0.6 is 0 Å². The molecule has 11 heteroatoms. The van der Waals surface area contributed by atoms with Gasteiger partial charge in [0.2, 0.25) is 10.0 Å². The topological polar surface area (TPSA) is 162 Å². The van der Waals surface area contributed by atoms with E-state index < -0.39 is 41.0 Å². The molecule has 10 nitrogen and oxygen atoms in total. The number of benzene rings is 2. The summed E-state index contributed by atoms with van der Waals surface area (Å²) in [6.07, 6.45) is -2.83.